The van der Waals surface area contributed by atoms with Crippen LogP contribution in [-0.2, 0) is 4.79 Å². The number of rotatable bonds is 5. The highest BCUT2D eigenvalue weighted by atomic mass is 35.5. The maximum Gasteiger partial charge on any atom is 0.321 e. The minimum absolute atomic E-state index is 0.421. The van der Waals surface area contributed by atoms with Gasteiger partial charge in [-0.15, -0.1) is 0 Å². The maximum atomic E-state index is 12.4. The normalized spacial score (nSPS) is 11.4. The van der Waals surface area contributed by atoms with Crippen LogP contribution < -0.4 is 15.4 Å². The fraction of sp³-hybridized carbons (Fsp3) is 0.176. The van der Waals surface area contributed by atoms with E-state index < -0.39 is 18.0 Å². The summed E-state index contributed by atoms with van der Waals surface area (Å²) in [6, 6.07) is 15.1. The third-order valence-electron chi connectivity index (χ3n) is 2.96. The number of urea groups is 1. The maximum absolute atomic E-state index is 12.4. The molecule has 0 saturated heterocycles. The summed E-state index contributed by atoms with van der Waals surface area (Å²) in [5.74, 6) is -0.112. The molecule has 0 aliphatic rings. The lowest BCUT2D eigenvalue weighted by Crippen LogP contribution is -2.42. The van der Waals surface area contributed by atoms with Crippen LogP contribution in [0.1, 0.15) is 18.6 Å². The molecule has 0 spiro atoms. The Labute approximate surface area is 139 Å². The van der Waals surface area contributed by atoms with Crippen molar-refractivity contribution in [2.24, 2.45) is 0 Å². The lowest BCUT2D eigenvalue weighted by Gasteiger charge is -2.19. The van der Waals surface area contributed by atoms with Gasteiger partial charge in [0.05, 0.1) is 0 Å². The zero-order chi connectivity index (χ0) is 16.7. The molecule has 23 heavy (non-hydrogen) atoms. The minimum atomic E-state index is -0.961. The van der Waals surface area contributed by atoms with Crippen LogP contribution in [0.25, 0.3) is 0 Å². The highest BCUT2D eigenvalue weighted by Gasteiger charge is 2.24. The predicted molar refractivity (Wildman–Crippen MR) is 88.5 cm³/mol. The molecule has 0 aromatic heterocycles. The van der Waals surface area contributed by atoms with Gasteiger partial charge in [-0.1, -0.05) is 48.0 Å². The van der Waals surface area contributed by atoms with Gasteiger partial charge >= 0.3 is 6.03 Å². The molecule has 0 radical (unpaired) electrons. The quantitative estimate of drug-likeness (QED) is 0.882. The topological polar surface area (TPSA) is 67.4 Å². The Kier molecular flexibility index (Phi) is 6.00. The van der Waals surface area contributed by atoms with Gasteiger partial charge in [-0.25, -0.2) is 4.79 Å². The number of hydrogen-bond acceptors (Lipinski definition) is 3. The summed E-state index contributed by atoms with van der Waals surface area (Å²) >= 11 is 5.93. The molecule has 120 valence electrons. The molecule has 0 aliphatic carbocycles. The van der Waals surface area contributed by atoms with Crippen molar-refractivity contribution in [3.63, 3.8) is 0 Å². The van der Waals surface area contributed by atoms with Crippen LogP contribution in [0, 0.1) is 0 Å². The van der Waals surface area contributed by atoms with E-state index in [9.17, 15) is 9.59 Å². The predicted octanol–water partition coefficient (Wildman–Crippen LogP) is 3.31. The second-order valence-electron chi connectivity index (χ2n) is 4.71. The van der Waals surface area contributed by atoms with Gasteiger partial charge in [-0.05, 0) is 25.1 Å². The Balaban J connectivity index is 2.22. The Hall–Kier alpha value is -2.53. The Bertz CT molecular complexity index is 677. The smallest absolute Gasteiger partial charge is 0.321 e. The van der Waals surface area contributed by atoms with E-state index in [1.165, 1.54) is 0 Å². The van der Waals surface area contributed by atoms with Crippen LogP contribution in [0.2, 0.25) is 5.02 Å². The summed E-state index contributed by atoms with van der Waals surface area (Å²) in [4.78, 5) is 24.0. The van der Waals surface area contributed by atoms with Crippen molar-refractivity contribution in [3.05, 3.63) is 65.2 Å². The van der Waals surface area contributed by atoms with Gasteiger partial charge in [0.25, 0.3) is 5.91 Å². The minimum Gasteiger partial charge on any atom is -0.476 e. The van der Waals surface area contributed by atoms with Crippen molar-refractivity contribution in [1.29, 1.82) is 0 Å². The monoisotopic (exact) mass is 332 g/mol. The molecule has 1 atom stereocenters. The standard InChI is InChI=1S/C17H17ClN2O3/c1-2-19-17(22)20-16(21)15(12-7-4-3-5-8-12)23-14-10-6-9-13(18)11-14/h3-11,15H,2H2,1H3,(H2,19,20,21,22)/t15-/m0/s1. The summed E-state index contributed by atoms with van der Waals surface area (Å²) < 4.78 is 5.75. The van der Waals surface area contributed by atoms with Crippen LogP contribution in [0.4, 0.5) is 4.79 Å². The van der Waals surface area contributed by atoms with Crippen molar-refractivity contribution in [2.75, 3.05) is 6.54 Å². The first-order valence-electron chi connectivity index (χ1n) is 7.16. The third kappa shape index (κ3) is 5.00. The van der Waals surface area contributed by atoms with Gasteiger partial charge in [0.1, 0.15) is 5.75 Å². The van der Waals surface area contributed by atoms with Gasteiger partial charge in [-0.3, -0.25) is 10.1 Å². The first-order valence-corrected chi connectivity index (χ1v) is 7.54. The molecule has 2 rings (SSSR count). The fourth-order valence-corrected chi connectivity index (χ4v) is 2.14. The molecule has 0 saturated carbocycles. The average Bonchev–Trinajstić information content (AvgIpc) is 2.53. The van der Waals surface area contributed by atoms with Gasteiger partial charge in [0, 0.05) is 17.1 Å². The largest absolute Gasteiger partial charge is 0.476 e. The molecule has 2 aromatic rings. The van der Waals surface area contributed by atoms with E-state index in [4.69, 9.17) is 16.3 Å². The van der Waals surface area contributed by atoms with E-state index in [1.807, 2.05) is 6.07 Å². The van der Waals surface area contributed by atoms with Crippen LogP contribution in [0.3, 0.4) is 0 Å². The number of carbonyl (C=O) groups is 2. The molecule has 3 amide bonds. The number of carbonyl (C=O) groups excluding carboxylic acids is 2. The van der Waals surface area contributed by atoms with Crippen molar-refractivity contribution in [2.45, 2.75) is 13.0 Å². The molecular formula is C17H17ClN2O3. The van der Waals surface area contributed by atoms with Gasteiger partial charge in [0.15, 0.2) is 0 Å². The molecule has 0 fully saturated rings. The second-order valence-corrected chi connectivity index (χ2v) is 5.15. The first-order chi connectivity index (χ1) is 11.1. The van der Waals surface area contributed by atoms with Gasteiger partial charge in [0.2, 0.25) is 6.10 Å². The third-order valence-corrected chi connectivity index (χ3v) is 3.20. The van der Waals surface area contributed by atoms with E-state index in [1.54, 1.807) is 55.5 Å². The number of ether oxygens (including phenoxy) is 1. The zero-order valence-electron chi connectivity index (χ0n) is 12.6. The van der Waals surface area contributed by atoms with E-state index in [2.05, 4.69) is 10.6 Å². The Morgan fingerprint density at radius 3 is 2.52 bits per heavy atom. The van der Waals surface area contributed by atoms with Gasteiger partial charge in [-0.2, -0.15) is 0 Å². The Morgan fingerprint density at radius 1 is 1.13 bits per heavy atom. The van der Waals surface area contributed by atoms with E-state index in [0.29, 0.717) is 22.9 Å². The average molecular weight is 333 g/mol. The molecule has 6 heteroatoms. The fourth-order valence-electron chi connectivity index (χ4n) is 1.96. The molecular weight excluding hydrogens is 316 g/mol. The highest BCUT2D eigenvalue weighted by molar-refractivity contribution is 6.30. The number of benzene rings is 2. The summed E-state index contributed by atoms with van der Waals surface area (Å²) in [5.41, 5.74) is 0.634. The van der Waals surface area contributed by atoms with Crippen LogP contribution in [0.15, 0.2) is 54.6 Å². The van der Waals surface area contributed by atoms with Crippen molar-refractivity contribution in [1.82, 2.24) is 10.6 Å². The van der Waals surface area contributed by atoms with Crippen LogP contribution >= 0.6 is 11.6 Å². The Morgan fingerprint density at radius 2 is 1.87 bits per heavy atom. The van der Waals surface area contributed by atoms with E-state index >= 15 is 0 Å². The van der Waals surface area contributed by atoms with Crippen molar-refractivity contribution >= 4 is 23.5 Å². The van der Waals surface area contributed by atoms with Crippen LogP contribution in [-0.4, -0.2) is 18.5 Å². The van der Waals surface area contributed by atoms with E-state index in [-0.39, 0.29) is 0 Å². The first kappa shape index (κ1) is 16.8. The molecule has 0 bridgehead atoms. The number of imide groups is 1. The molecule has 2 aromatic carbocycles. The van der Waals surface area contributed by atoms with E-state index in [0.717, 1.165) is 0 Å². The second kappa shape index (κ2) is 8.19. The molecule has 2 N–H and O–H groups in total. The summed E-state index contributed by atoms with van der Waals surface area (Å²) in [7, 11) is 0. The molecule has 5 nitrogen and oxygen atoms in total. The van der Waals surface area contributed by atoms with Crippen LogP contribution in [0.5, 0.6) is 5.75 Å². The zero-order valence-corrected chi connectivity index (χ0v) is 13.3. The number of halogens is 1. The van der Waals surface area contributed by atoms with Crippen molar-refractivity contribution in [3.8, 4) is 5.75 Å². The number of nitrogens with one attached hydrogen (secondary N) is 2. The molecule has 0 aliphatic heterocycles. The SMILES string of the molecule is CCNC(=O)NC(=O)[C@@H](Oc1cccc(Cl)c1)c1ccccc1. The lowest BCUT2D eigenvalue weighted by atomic mass is 10.1. The number of amides is 3. The summed E-state index contributed by atoms with van der Waals surface area (Å²) in [5, 5.41) is 5.27. The highest BCUT2D eigenvalue weighted by Crippen LogP contribution is 2.24. The van der Waals surface area contributed by atoms with Gasteiger partial charge < -0.3 is 10.1 Å². The van der Waals surface area contributed by atoms with Crippen molar-refractivity contribution < 1.29 is 14.3 Å². The molecule has 0 heterocycles. The summed E-state index contributed by atoms with van der Waals surface area (Å²) in [6.45, 7) is 2.19. The lowest BCUT2D eigenvalue weighted by molar-refractivity contribution is -0.127. The number of hydrogen-bond donors (Lipinski definition) is 2. The molecule has 0 unspecified atom stereocenters. The summed E-state index contributed by atoms with van der Waals surface area (Å²) in [6.07, 6.45) is -0.961.